The second-order valence-corrected chi connectivity index (χ2v) is 35.0. The molecule has 0 heterocycles. The first kappa shape index (κ1) is 77.2. The molecule has 0 saturated heterocycles. The van der Waals surface area contributed by atoms with Crippen LogP contribution in [0.5, 0.6) is 0 Å². The first-order valence-corrected chi connectivity index (χ1v) is 45.8. The van der Waals surface area contributed by atoms with Gasteiger partial charge in [-0.2, -0.15) is 0 Å². The summed E-state index contributed by atoms with van der Waals surface area (Å²) in [5.74, 6) is 0. The molecule has 0 fully saturated rings. The minimum atomic E-state index is 1.21. The summed E-state index contributed by atoms with van der Waals surface area (Å²) < 4.78 is 0. The van der Waals surface area contributed by atoms with Gasteiger partial charge in [-0.1, -0.05) is 467 Å². The van der Waals surface area contributed by atoms with E-state index in [1.807, 2.05) is 0 Å². The lowest BCUT2D eigenvalue weighted by atomic mass is 9.79. The van der Waals surface area contributed by atoms with Gasteiger partial charge in [0.05, 0.1) is 0 Å². The van der Waals surface area contributed by atoms with Gasteiger partial charge in [-0.25, -0.2) is 0 Å². The highest BCUT2D eigenvalue weighted by Crippen LogP contribution is 2.56. The molecule has 0 atom stereocenters. The van der Waals surface area contributed by atoms with E-state index < -0.39 is 0 Å². The molecule has 0 bridgehead atoms. The van der Waals surface area contributed by atoms with Gasteiger partial charge in [0, 0.05) is 0 Å². The number of rotatable bonds is 12. The Hall–Kier alpha value is -17.2. The van der Waals surface area contributed by atoms with Crippen LogP contribution >= 0.6 is 0 Å². The minimum Gasteiger partial charge on any atom is -0.0622 e. The van der Waals surface area contributed by atoms with Crippen LogP contribution < -0.4 is 0 Å². The van der Waals surface area contributed by atoms with Gasteiger partial charge in [-0.3, -0.25) is 0 Å². The van der Waals surface area contributed by atoms with Gasteiger partial charge >= 0.3 is 0 Å². The quantitative estimate of drug-likeness (QED) is 0.107. The average molecular weight is 1670 g/mol. The van der Waals surface area contributed by atoms with E-state index >= 15 is 0 Å². The van der Waals surface area contributed by atoms with Crippen molar-refractivity contribution >= 4 is 129 Å². The largest absolute Gasteiger partial charge is 0.0622 e. The van der Waals surface area contributed by atoms with Crippen molar-refractivity contribution in [3.05, 3.63) is 510 Å². The first-order valence-electron chi connectivity index (χ1n) is 45.8. The standard InChI is InChI=1S/C70H44.C62H40/c1-3-19-45(20-4-1)47-35-37-48(38-36-47)65-53-23-7-11-27-57(53)67(58-28-12-8-24-54(58)65)69-61-31-15-17-33-63(61)70(64-34-18-16-32-62(64)69)68-59-29-13-9-25-55(59)66(56-26-10-14-30-60(56)68)52-42-41-50-43-49(39-40-51(50)44-52)46-21-5-2-6-22-46;1-4-18-41(19-5-1)44-32-33-46-37-47(35-34-45(46)36-44)59-51-24-10-14-28-55(51)61(56-29-15-11-25-52(56)59)62-57-30-16-12-26-53(57)60(54-27-13-17-31-58(54)62)50-39-48(42-20-6-2-7-21-42)38-49(40-50)43-22-8-3-9-23-43/h1-44H;1-40H. The molecule has 26 rings (SSSR count). The monoisotopic (exact) mass is 1670 g/mol. The summed E-state index contributed by atoms with van der Waals surface area (Å²) in [6, 6.07) is 188. The molecule has 26 aromatic carbocycles. The van der Waals surface area contributed by atoms with Crippen molar-refractivity contribution in [2.24, 2.45) is 0 Å². The molecule has 132 heavy (non-hydrogen) atoms. The number of hydrogen-bond donors (Lipinski definition) is 0. The molecule has 0 spiro atoms. The van der Waals surface area contributed by atoms with Gasteiger partial charge in [0.1, 0.15) is 0 Å². The van der Waals surface area contributed by atoms with Crippen LogP contribution in [0.3, 0.4) is 0 Å². The van der Waals surface area contributed by atoms with Gasteiger partial charge in [0.25, 0.3) is 0 Å². The summed E-state index contributed by atoms with van der Waals surface area (Å²) in [6.07, 6.45) is 0. The van der Waals surface area contributed by atoms with Crippen LogP contribution in [-0.4, -0.2) is 0 Å². The van der Waals surface area contributed by atoms with Gasteiger partial charge in [0.2, 0.25) is 0 Å². The lowest BCUT2D eigenvalue weighted by Gasteiger charge is -2.24. The Morgan fingerprint density at radius 1 is 0.0682 bits per heavy atom. The van der Waals surface area contributed by atoms with Crippen LogP contribution in [-0.2, 0) is 0 Å². The van der Waals surface area contributed by atoms with E-state index in [9.17, 15) is 0 Å². The maximum absolute atomic E-state index is 2.39. The second-order valence-electron chi connectivity index (χ2n) is 35.0. The number of fused-ring (bicyclic) bond motifs is 12. The Labute approximate surface area is 766 Å². The number of hydrogen-bond acceptors (Lipinski definition) is 0. The summed E-state index contributed by atoms with van der Waals surface area (Å²) in [6.45, 7) is 0. The maximum Gasteiger partial charge on any atom is -0.00139 e. The summed E-state index contributed by atoms with van der Waals surface area (Å²) in [5, 5.41) is 29.9. The average Bonchev–Trinajstić information content (AvgIpc) is 0.703. The Balaban J connectivity index is 0.000000143. The molecule has 0 amide bonds. The summed E-state index contributed by atoms with van der Waals surface area (Å²) in [7, 11) is 0. The lowest BCUT2D eigenvalue weighted by Crippen LogP contribution is -1.96. The summed E-state index contributed by atoms with van der Waals surface area (Å²) in [4.78, 5) is 0. The Morgan fingerprint density at radius 2 is 0.205 bits per heavy atom. The SMILES string of the molecule is c1ccc(-c2cc(-c3ccccc3)cc(-c3c4ccccc4c(-c4c5ccccc5c(-c5ccc6cc(-c7ccccc7)ccc6c5)c5ccccc45)c4ccccc34)c2)cc1.c1ccc(-c2ccc(-c3c4ccccc4c(-c4c5ccccc5c(-c5c6ccccc6c(-c6ccc7cc(-c8ccccc8)ccc7c6)c6ccccc56)c5ccccc45)c4ccccc34)cc2)cc1. The van der Waals surface area contributed by atoms with E-state index in [1.54, 1.807) is 0 Å². The summed E-state index contributed by atoms with van der Waals surface area (Å²) >= 11 is 0. The molecule has 0 aliphatic rings. The Bertz CT molecular complexity index is 8740. The molecule has 0 nitrogen and oxygen atoms in total. The molecule has 0 radical (unpaired) electrons. The zero-order valence-electron chi connectivity index (χ0n) is 72.5. The van der Waals surface area contributed by atoms with Crippen molar-refractivity contribution in [3.63, 3.8) is 0 Å². The third-order valence-corrected chi connectivity index (χ3v) is 27.6. The highest BCUT2D eigenvalue weighted by Gasteiger charge is 2.28. The molecule has 0 unspecified atom stereocenters. The Morgan fingerprint density at radius 3 is 0.432 bits per heavy atom. The van der Waals surface area contributed by atoms with Crippen molar-refractivity contribution in [3.8, 4) is 134 Å². The topological polar surface area (TPSA) is 0 Å². The van der Waals surface area contributed by atoms with Gasteiger partial charge in [0.15, 0.2) is 0 Å². The van der Waals surface area contributed by atoms with Crippen molar-refractivity contribution < 1.29 is 0 Å². The van der Waals surface area contributed by atoms with E-state index in [0.29, 0.717) is 0 Å². The molecule has 0 N–H and O–H groups in total. The fourth-order valence-electron chi connectivity index (χ4n) is 21.8. The maximum atomic E-state index is 2.39. The highest BCUT2D eigenvalue weighted by atomic mass is 14.3. The smallest absolute Gasteiger partial charge is 0.00139 e. The van der Waals surface area contributed by atoms with Crippen molar-refractivity contribution in [2.45, 2.75) is 0 Å². The predicted octanol–water partition coefficient (Wildman–Crippen LogP) is 37.2. The van der Waals surface area contributed by atoms with E-state index in [0.717, 1.165) is 0 Å². The van der Waals surface area contributed by atoms with Crippen molar-refractivity contribution in [2.75, 3.05) is 0 Å². The predicted molar refractivity (Wildman–Crippen MR) is 568 cm³/mol. The zero-order valence-corrected chi connectivity index (χ0v) is 72.5. The molecule has 0 aromatic heterocycles. The van der Waals surface area contributed by atoms with Gasteiger partial charge in [-0.05, 0) is 305 Å². The van der Waals surface area contributed by atoms with E-state index in [2.05, 4.69) is 510 Å². The molecule has 26 aromatic rings. The molecular weight excluding hydrogens is 1590 g/mol. The fourth-order valence-corrected chi connectivity index (χ4v) is 21.8. The number of benzene rings is 26. The second kappa shape index (κ2) is 32.6. The molecule has 0 heteroatoms. The van der Waals surface area contributed by atoms with Gasteiger partial charge in [-0.15, -0.1) is 0 Å². The molecular formula is C132H84. The highest BCUT2D eigenvalue weighted by molar-refractivity contribution is 6.35. The van der Waals surface area contributed by atoms with Crippen molar-refractivity contribution in [1.29, 1.82) is 0 Å². The lowest BCUT2D eigenvalue weighted by molar-refractivity contribution is 1.58. The van der Waals surface area contributed by atoms with Crippen LogP contribution in [0, 0.1) is 0 Å². The zero-order chi connectivity index (χ0) is 87.1. The van der Waals surface area contributed by atoms with Crippen LogP contribution in [0.2, 0.25) is 0 Å². The Kier molecular flexibility index (Phi) is 19.1. The summed E-state index contributed by atoms with van der Waals surface area (Å²) in [5.41, 5.74) is 29.7. The van der Waals surface area contributed by atoms with Crippen LogP contribution in [0.4, 0.5) is 0 Å². The minimum absolute atomic E-state index is 1.21. The third-order valence-electron chi connectivity index (χ3n) is 27.6. The molecule has 0 aliphatic carbocycles. The van der Waals surface area contributed by atoms with E-state index in [1.165, 1.54) is 263 Å². The van der Waals surface area contributed by atoms with Crippen LogP contribution in [0.25, 0.3) is 263 Å². The third kappa shape index (κ3) is 13.2. The fraction of sp³-hybridized carbons (Fsp3) is 0. The molecule has 612 valence electrons. The van der Waals surface area contributed by atoms with Crippen LogP contribution in [0.1, 0.15) is 0 Å². The van der Waals surface area contributed by atoms with Gasteiger partial charge < -0.3 is 0 Å². The molecule has 0 aliphatic heterocycles. The van der Waals surface area contributed by atoms with E-state index in [-0.39, 0.29) is 0 Å². The van der Waals surface area contributed by atoms with E-state index in [4.69, 9.17) is 0 Å². The normalized spacial score (nSPS) is 11.6. The van der Waals surface area contributed by atoms with Crippen molar-refractivity contribution in [1.82, 2.24) is 0 Å². The molecule has 0 saturated carbocycles. The first-order chi connectivity index (χ1) is 65.5. The van der Waals surface area contributed by atoms with Crippen LogP contribution in [0.15, 0.2) is 510 Å².